The van der Waals surface area contributed by atoms with Gasteiger partial charge >= 0.3 is 6.03 Å². The van der Waals surface area contributed by atoms with Crippen LogP contribution >= 0.6 is 0 Å². The van der Waals surface area contributed by atoms with Crippen LogP contribution < -0.4 is 10.6 Å². The van der Waals surface area contributed by atoms with Crippen molar-refractivity contribution in [3.63, 3.8) is 0 Å². The molecule has 1 heterocycles. The summed E-state index contributed by atoms with van der Waals surface area (Å²) in [5.41, 5.74) is 1.03. The maximum atomic E-state index is 12.2. The van der Waals surface area contributed by atoms with E-state index in [4.69, 9.17) is 5.11 Å². The lowest BCUT2D eigenvalue weighted by molar-refractivity contribution is -0.130. The molecular formula is C15H19N3O4. The van der Waals surface area contributed by atoms with Crippen LogP contribution in [0, 0.1) is 0 Å². The Morgan fingerprint density at radius 1 is 1.27 bits per heavy atom. The number of nitrogens with zero attached hydrogens (tertiary/aromatic N) is 1. The van der Waals surface area contributed by atoms with Crippen LogP contribution in [0.15, 0.2) is 30.3 Å². The monoisotopic (exact) mass is 305 g/mol. The first kappa shape index (κ1) is 16.0. The molecule has 1 unspecified atom stereocenters. The molecular weight excluding hydrogens is 286 g/mol. The SMILES string of the molecule is O=C(CC1NC(=O)N(CCc2ccccc2)C1=O)NCCO. The molecule has 0 bridgehead atoms. The maximum Gasteiger partial charge on any atom is 0.324 e. The van der Waals surface area contributed by atoms with Gasteiger partial charge < -0.3 is 15.7 Å². The van der Waals surface area contributed by atoms with Gasteiger partial charge in [-0.05, 0) is 12.0 Å². The summed E-state index contributed by atoms with van der Waals surface area (Å²) in [6.45, 7) is 0.245. The van der Waals surface area contributed by atoms with Gasteiger partial charge in [-0.1, -0.05) is 30.3 Å². The number of hydrogen-bond donors (Lipinski definition) is 3. The highest BCUT2D eigenvalue weighted by atomic mass is 16.3. The van der Waals surface area contributed by atoms with Crippen molar-refractivity contribution in [3.05, 3.63) is 35.9 Å². The van der Waals surface area contributed by atoms with Crippen LogP contribution in [0.25, 0.3) is 0 Å². The molecule has 0 saturated carbocycles. The fourth-order valence-corrected chi connectivity index (χ4v) is 2.27. The third-order valence-electron chi connectivity index (χ3n) is 3.40. The molecule has 4 amide bonds. The molecule has 7 heteroatoms. The second-order valence-electron chi connectivity index (χ2n) is 5.01. The fraction of sp³-hybridized carbons (Fsp3) is 0.400. The van der Waals surface area contributed by atoms with Gasteiger partial charge in [-0.2, -0.15) is 0 Å². The number of nitrogens with one attached hydrogen (secondary N) is 2. The first-order valence-corrected chi connectivity index (χ1v) is 7.15. The normalized spacial score (nSPS) is 17.5. The van der Waals surface area contributed by atoms with Crippen molar-refractivity contribution in [2.75, 3.05) is 19.7 Å². The van der Waals surface area contributed by atoms with Gasteiger partial charge in [0.05, 0.1) is 13.0 Å². The summed E-state index contributed by atoms with van der Waals surface area (Å²) < 4.78 is 0. The van der Waals surface area contributed by atoms with Crippen LogP contribution in [0.3, 0.4) is 0 Å². The lowest BCUT2D eigenvalue weighted by Crippen LogP contribution is -2.37. The number of amides is 4. The van der Waals surface area contributed by atoms with Gasteiger partial charge in [0.1, 0.15) is 6.04 Å². The average Bonchev–Trinajstić information content (AvgIpc) is 2.78. The number of aliphatic hydroxyl groups excluding tert-OH is 1. The number of imide groups is 1. The number of benzene rings is 1. The molecule has 0 aliphatic carbocycles. The predicted octanol–water partition coefficient (Wildman–Crippen LogP) is -0.352. The van der Waals surface area contributed by atoms with Crippen LogP contribution in [0.5, 0.6) is 0 Å². The van der Waals surface area contributed by atoms with Gasteiger partial charge in [-0.15, -0.1) is 0 Å². The van der Waals surface area contributed by atoms with E-state index >= 15 is 0 Å². The summed E-state index contributed by atoms with van der Waals surface area (Å²) in [4.78, 5) is 36.7. The van der Waals surface area contributed by atoms with Crippen molar-refractivity contribution in [1.29, 1.82) is 0 Å². The Labute approximate surface area is 128 Å². The van der Waals surface area contributed by atoms with E-state index in [0.29, 0.717) is 6.42 Å². The molecule has 1 atom stereocenters. The molecule has 1 aromatic rings. The molecule has 22 heavy (non-hydrogen) atoms. The number of hydrogen-bond acceptors (Lipinski definition) is 4. The lowest BCUT2D eigenvalue weighted by Gasteiger charge is -2.13. The summed E-state index contributed by atoms with van der Waals surface area (Å²) in [7, 11) is 0. The largest absolute Gasteiger partial charge is 0.395 e. The number of carbonyl (C=O) groups is 3. The van der Waals surface area contributed by atoms with E-state index in [-0.39, 0.29) is 37.9 Å². The Kier molecular flexibility index (Phi) is 5.48. The molecule has 7 nitrogen and oxygen atoms in total. The van der Waals surface area contributed by atoms with Gasteiger partial charge in [0.25, 0.3) is 5.91 Å². The summed E-state index contributed by atoms with van der Waals surface area (Å²) in [5.74, 6) is -0.766. The van der Waals surface area contributed by atoms with Crippen molar-refractivity contribution in [2.45, 2.75) is 18.9 Å². The topological polar surface area (TPSA) is 98.7 Å². The third-order valence-corrected chi connectivity index (χ3v) is 3.40. The number of urea groups is 1. The fourth-order valence-electron chi connectivity index (χ4n) is 2.27. The molecule has 1 aromatic carbocycles. The van der Waals surface area contributed by atoms with Crippen molar-refractivity contribution in [1.82, 2.24) is 15.5 Å². The second kappa shape index (κ2) is 7.56. The van der Waals surface area contributed by atoms with Gasteiger partial charge in [-0.25, -0.2) is 4.79 Å². The zero-order valence-electron chi connectivity index (χ0n) is 12.1. The minimum Gasteiger partial charge on any atom is -0.395 e. The van der Waals surface area contributed by atoms with Gasteiger partial charge in [0.2, 0.25) is 5.91 Å². The van der Waals surface area contributed by atoms with Gasteiger partial charge in [-0.3, -0.25) is 14.5 Å². The molecule has 0 radical (unpaired) electrons. The van der Waals surface area contributed by atoms with Crippen LogP contribution in [0.4, 0.5) is 4.79 Å². The van der Waals surface area contributed by atoms with Crippen LogP contribution in [-0.4, -0.2) is 53.6 Å². The summed E-state index contributed by atoms with van der Waals surface area (Å²) in [5, 5.41) is 13.6. The predicted molar refractivity (Wildman–Crippen MR) is 78.9 cm³/mol. The highest BCUT2D eigenvalue weighted by molar-refractivity contribution is 6.05. The standard InChI is InChI=1S/C15H19N3O4/c19-9-7-16-13(20)10-12-14(21)18(15(22)17-12)8-6-11-4-2-1-3-5-11/h1-5,12,19H,6-10H2,(H,16,20)(H,17,22). The van der Waals surface area contributed by atoms with Crippen molar-refractivity contribution in [2.24, 2.45) is 0 Å². The molecule has 0 spiro atoms. The van der Waals surface area contributed by atoms with Crippen LogP contribution in [0.1, 0.15) is 12.0 Å². The van der Waals surface area contributed by atoms with Gasteiger partial charge in [0.15, 0.2) is 0 Å². The minimum atomic E-state index is -0.832. The molecule has 1 aliphatic rings. The number of aliphatic hydroxyl groups is 1. The number of carbonyl (C=O) groups excluding carboxylic acids is 3. The van der Waals surface area contributed by atoms with E-state index in [0.717, 1.165) is 10.5 Å². The molecule has 0 aromatic heterocycles. The highest BCUT2D eigenvalue weighted by Crippen LogP contribution is 2.11. The first-order valence-electron chi connectivity index (χ1n) is 7.15. The summed E-state index contributed by atoms with van der Waals surface area (Å²) in [6.07, 6.45) is 0.454. The highest BCUT2D eigenvalue weighted by Gasteiger charge is 2.38. The van der Waals surface area contributed by atoms with Crippen molar-refractivity contribution in [3.8, 4) is 0 Å². The second-order valence-corrected chi connectivity index (χ2v) is 5.01. The molecule has 118 valence electrons. The smallest absolute Gasteiger partial charge is 0.324 e. The Morgan fingerprint density at radius 3 is 2.68 bits per heavy atom. The maximum absolute atomic E-state index is 12.2. The van der Waals surface area contributed by atoms with Gasteiger partial charge in [0, 0.05) is 13.1 Å². The molecule has 3 N–H and O–H groups in total. The third kappa shape index (κ3) is 4.05. The minimum absolute atomic E-state index is 0.119. The Bertz CT molecular complexity index is 547. The molecule has 1 aliphatic heterocycles. The average molecular weight is 305 g/mol. The van der Waals surface area contributed by atoms with E-state index in [1.165, 1.54) is 0 Å². The van der Waals surface area contributed by atoms with E-state index < -0.39 is 12.1 Å². The number of rotatable bonds is 7. The zero-order valence-corrected chi connectivity index (χ0v) is 12.1. The molecule has 2 rings (SSSR count). The first-order chi connectivity index (χ1) is 10.6. The van der Waals surface area contributed by atoms with Crippen molar-refractivity contribution < 1.29 is 19.5 Å². The Balaban J connectivity index is 1.87. The van der Waals surface area contributed by atoms with E-state index in [1.54, 1.807) is 0 Å². The molecule has 1 fully saturated rings. The molecule has 1 saturated heterocycles. The van der Waals surface area contributed by atoms with E-state index in [2.05, 4.69) is 10.6 Å². The van der Waals surface area contributed by atoms with E-state index in [9.17, 15) is 14.4 Å². The Morgan fingerprint density at radius 2 is 2.00 bits per heavy atom. The van der Waals surface area contributed by atoms with E-state index in [1.807, 2.05) is 30.3 Å². The van der Waals surface area contributed by atoms with Crippen LogP contribution in [0.2, 0.25) is 0 Å². The quantitative estimate of drug-likeness (QED) is 0.600. The van der Waals surface area contributed by atoms with Crippen LogP contribution in [-0.2, 0) is 16.0 Å². The zero-order chi connectivity index (χ0) is 15.9. The Hall–Kier alpha value is -2.41. The summed E-state index contributed by atoms with van der Waals surface area (Å²) in [6, 6.07) is 8.25. The van der Waals surface area contributed by atoms with Crippen molar-refractivity contribution >= 4 is 17.8 Å². The summed E-state index contributed by atoms with van der Waals surface area (Å²) >= 11 is 0. The lowest BCUT2D eigenvalue weighted by atomic mass is 10.1.